The summed E-state index contributed by atoms with van der Waals surface area (Å²) in [7, 11) is 3.26. The first-order chi connectivity index (χ1) is 17.4. The molecule has 3 aromatic carbocycles. The predicted octanol–water partition coefficient (Wildman–Crippen LogP) is 5.79. The van der Waals surface area contributed by atoms with Gasteiger partial charge < -0.3 is 14.2 Å². The van der Waals surface area contributed by atoms with Crippen LogP contribution in [0.15, 0.2) is 64.5 Å². The average Bonchev–Trinajstić information content (AvgIpc) is 2.88. The molecule has 7 heteroatoms. The van der Waals surface area contributed by atoms with Crippen LogP contribution >= 0.6 is 0 Å². The fourth-order valence-electron chi connectivity index (χ4n) is 4.14. The van der Waals surface area contributed by atoms with Crippen molar-refractivity contribution in [2.75, 3.05) is 20.8 Å². The van der Waals surface area contributed by atoms with Crippen molar-refractivity contribution in [3.8, 4) is 28.6 Å². The number of aromatic nitrogens is 2. The number of benzene rings is 3. The van der Waals surface area contributed by atoms with Crippen molar-refractivity contribution in [3.63, 3.8) is 0 Å². The quantitative estimate of drug-likeness (QED) is 0.295. The Labute approximate surface area is 211 Å². The van der Waals surface area contributed by atoms with E-state index in [1.807, 2.05) is 62.4 Å². The molecular weight excluding hydrogens is 454 g/mol. The van der Waals surface area contributed by atoms with E-state index in [0.29, 0.717) is 34.8 Å². The molecule has 4 rings (SSSR count). The molecule has 0 bridgehead atoms. The van der Waals surface area contributed by atoms with Crippen LogP contribution in [-0.4, -0.2) is 36.7 Å². The molecule has 0 amide bonds. The van der Waals surface area contributed by atoms with Crippen LogP contribution in [0, 0.1) is 6.92 Å². The van der Waals surface area contributed by atoms with Crippen molar-refractivity contribution in [2.24, 2.45) is 5.10 Å². The molecule has 0 spiro atoms. The molecular formula is C29H31N3O4. The number of rotatable bonds is 8. The van der Waals surface area contributed by atoms with Gasteiger partial charge in [-0.2, -0.15) is 9.78 Å². The number of ether oxygens (including phenoxy) is 3. The van der Waals surface area contributed by atoms with Gasteiger partial charge in [-0.05, 0) is 78.9 Å². The molecule has 0 aliphatic carbocycles. The molecule has 0 saturated heterocycles. The second-order valence-corrected chi connectivity index (χ2v) is 8.72. The minimum atomic E-state index is -0.244. The van der Waals surface area contributed by atoms with E-state index in [9.17, 15) is 4.79 Å². The van der Waals surface area contributed by atoms with Gasteiger partial charge in [0.2, 0.25) is 0 Å². The van der Waals surface area contributed by atoms with Crippen LogP contribution in [0.25, 0.3) is 22.3 Å². The van der Waals surface area contributed by atoms with Gasteiger partial charge in [-0.25, -0.2) is 4.98 Å². The topological polar surface area (TPSA) is 74.9 Å². The number of para-hydroxylation sites is 1. The highest BCUT2D eigenvalue weighted by Crippen LogP contribution is 2.34. The Balaban J connectivity index is 1.93. The maximum Gasteiger partial charge on any atom is 0.282 e. The number of fused-ring (bicyclic) bond motifs is 1. The van der Waals surface area contributed by atoms with Gasteiger partial charge >= 0.3 is 0 Å². The number of aryl methyl sites for hydroxylation is 1. The van der Waals surface area contributed by atoms with Gasteiger partial charge in [0.1, 0.15) is 5.75 Å². The number of hydrogen-bond acceptors (Lipinski definition) is 6. The summed E-state index contributed by atoms with van der Waals surface area (Å²) in [6, 6.07) is 16.8. The van der Waals surface area contributed by atoms with Crippen LogP contribution in [0.5, 0.6) is 17.2 Å². The summed E-state index contributed by atoms with van der Waals surface area (Å²) in [5.74, 6) is 2.75. The second-order valence-electron chi connectivity index (χ2n) is 8.72. The summed E-state index contributed by atoms with van der Waals surface area (Å²) in [6.07, 6.45) is 1.63. The summed E-state index contributed by atoms with van der Waals surface area (Å²) in [6.45, 7) is 8.64. The van der Waals surface area contributed by atoms with Crippen LogP contribution in [0.4, 0.5) is 0 Å². The Morgan fingerprint density at radius 3 is 2.44 bits per heavy atom. The van der Waals surface area contributed by atoms with Crippen molar-refractivity contribution >= 4 is 17.1 Å². The highest BCUT2D eigenvalue weighted by Gasteiger charge is 2.18. The number of hydrogen-bond donors (Lipinski definition) is 0. The lowest BCUT2D eigenvalue weighted by Gasteiger charge is -2.17. The van der Waals surface area contributed by atoms with E-state index in [0.717, 1.165) is 28.0 Å². The minimum Gasteiger partial charge on any atom is -0.496 e. The van der Waals surface area contributed by atoms with E-state index >= 15 is 0 Å². The van der Waals surface area contributed by atoms with Gasteiger partial charge in [0.15, 0.2) is 17.3 Å². The summed E-state index contributed by atoms with van der Waals surface area (Å²) in [4.78, 5) is 18.5. The zero-order valence-electron chi connectivity index (χ0n) is 21.5. The van der Waals surface area contributed by atoms with E-state index in [1.54, 1.807) is 26.5 Å². The van der Waals surface area contributed by atoms with E-state index < -0.39 is 0 Å². The lowest BCUT2D eigenvalue weighted by atomic mass is 9.96. The van der Waals surface area contributed by atoms with Crippen LogP contribution in [0.2, 0.25) is 0 Å². The standard InChI is InChI=1S/C29H31N3O4/c1-7-36-25-13-12-20(15-27(25)35-6)17-30-32-28(31-24-11-9-8-10-21(24)29(32)33)23-16-22(18(2)3)26(34-5)14-19(23)4/h8-18H,7H2,1-6H3. The third kappa shape index (κ3) is 4.82. The fraction of sp³-hybridized carbons (Fsp3) is 0.276. The molecule has 0 unspecified atom stereocenters. The zero-order chi connectivity index (χ0) is 25.8. The van der Waals surface area contributed by atoms with Gasteiger partial charge in [0.25, 0.3) is 5.56 Å². The maximum absolute atomic E-state index is 13.6. The lowest BCUT2D eigenvalue weighted by Crippen LogP contribution is -2.20. The average molecular weight is 486 g/mol. The van der Waals surface area contributed by atoms with Crippen LogP contribution in [-0.2, 0) is 0 Å². The van der Waals surface area contributed by atoms with Gasteiger partial charge in [-0.3, -0.25) is 4.79 Å². The minimum absolute atomic E-state index is 0.222. The SMILES string of the molecule is CCOc1ccc(C=Nn2c(-c3cc(C(C)C)c(OC)cc3C)nc3ccccc3c2=O)cc1OC. The van der Waals surface area contributed by atoms with Crippen molar-refractivity contribution in [1.29, 1.82) is 0 Å². The van der Waals surface area contributed by atoms with E-state index in [1.165, 1.54) is 4.68 Å². The van der Waals surface area contributed by atoms with Crippen LogP contribution in [0.3, 0.4) is 0 Å². The van der Waals surface area contributed by atoms with Crippen LogP contribution in [0.1, 0.15) is 43.4 Å². The lowest BCUT2D eigenvalue weighted by molar-refractivity contribution is 0.311. The molecule has 0 aliphatic rings. The molecule has 1 heterocycles. The van der Waals surface area contributed by atoms with Gasteiger partial charge in [0.05, 0.1) is 37.9 Å². The fourth-order valence-corrected chi connectivity index (χ4v) is 4.14. The molecule has 0 atom stereocenters. The Kier molecular flexibility index (Phi) is 7.38. The predicted molar refractivity (Wildman–Crippen MR) is 144 cm³/mol. The second kappa shape index (κ2) is 10.6. The van der Waals surface area contributed by atoms with Crippen molar-refractivity contribution in [2.45, 2.75) is 33.6 Å². The van der Waals surface area contributed by atoms with Crippen LogP contribution < -0.4 is 19.8 Å². The first-order valence-corrected chi connectivity index (χ1v) is 11.9. The molecule has 7 nitrogen and oxygen atoms in total. The maximum atomic E-state index is 13.6. The summed E-state index contributed by atoms with van der Waals surface area (Å²) < 4.78 is 18.0. The Bertz CT molecular complexity index is 1490. The number of methoxy groups -OCH3 is 2. The van der Waals surface area contributed by atoms with Crippen molar-refractivity contribution in [1.82, 2.24) is 9.66 Å². The van der Waals surface area contributed by atoms with Gasteiger partial charge in [0, 0.05) is 5.56 Å². The molecule has 4 aromatic rings. The van der Waals surface area contributed by atoms with E-state index in [2.05, 4.69) is 18.9 Å². The molecule has 0 saturated carbocycles. The number of nitrogens with zero attached hydrogens (tertiary/aromatic N) is 3. The Morgan fingerprint density at radius 1 is 1.00 bits per heavy atom. The largest absolute Gasteiger partial charge is 0.496 e. The monoisotopic (exact) mass is 485 g/mol. The Hall–Kier alpha value is -4.13. The van der Waals surface area contributed by atoms with Gasteiger partial charge in [-0.15, -0.1) is 0 Å². The highest BCUT2D eigenvalue weighted by molar-refractivity contribution is 5.83. The third-order valence-corrected chi connectivity index (χ3v) is 6.00. The molecule has 1 aromatic heterocycles. The van der Waals surface area contributed by atoms with Crippen molar-refractivity contribution in [3.05, 3.63) is 81.6 Å². The first-order valence-electron chi connectivity index (χ1n) is 11.9. The normalized spacial score (nSPS) is 11.4. The van der Waals surface area contributed by atoms with E-state index in [4.69, 9.17) is 19.2 Å². The molecule has 0 radical (unpaired) electrons. The van der Waals surface area contributed by atoms with E-state index in [-0.39, 0.29) is 11.5 Å². The molecule has 186 valence electrons. The smallest absolute Gasteiger partial charge is 0.282 e. The Morgan fingerprint density at radius 2 is 1.75 bits per heavy atom. The molecule has 0 fully saturated rings. The van der Waals surface area contributed by atoms with Crippen molar-refractivity contribution < 1.29 is 14.2 Å². The third-order valence-electron chi connectivity index (χ3n) is 6.00. The molecule has 36 heavy (non-hydrogen) atoms. The summed E-state index contributed by atoms with van der Waals surface area (Å²) >= 11 is 0. The molecule has 0 N–H and O–H groups in total. The highest BCUT2D eigenvalue weighted by atomic mass is 16.5. The molecule has 0 aliphatic heterocycles. The summed E-state index contributed by atoms with van der Waals surface area (Å²) in [5, 5.41) is 5.10. The summed E-state index contributed by atoms with van der Waals surface area (Å²) in [5.41, 5.74) is 3.93. The van der Waals surface area contributed by atoms with Gasteiger partial charge in [-0.1, -0.05) is 26.0 Å². The zero-order valence-corrected chi connectivity index (χ0v) is 21.5. The first kappa shape index (κ1) is 25.0.